The highest BCUT2D eigenvalue weighted by Crippen LogP contribution is 2.26. The molecule has 1 aromatic rings. The highest BCUT2D eigenvalue weighted by Gasteiger charge is 2.28. The van der Waals surface area contributed by atoms with Gasteiger partial charge in [0.1, 0.15) is 5.75 Å². The Hall–Kier alpha value is -1.03. The first kappa shape index (κ1) is 15.4. The van der Waals surface area contributed by atoms with Gasteiger partial charge in [-0.3, -0.25) is 4.79 Å². The Balaban J connectivity index is 2.20. The molecule has 110 valence electrons. The molecule has 1 saturated heterocycles. The zero-order valence-electron chi connectivity index (χ0n) is 12.0. The summed E-state index contributed by atoms with van der Waals surface area (Å²) in [6.45, 7) is 3.38. The summed E-state index contributed by atoms with van der Waals surface area (Å²) < 4.78 is 5.59. The number of halogens is 1. The van der Waals surface area contributed by atoms with Crippen molar-refractivity contribution in [3.8, 4) is 5.75 Å². The van der Waals surface area contributed by atoms with Gasteiger partial charge < -0.3 is 9.64 Å². The highest BCUT2D eigenvalue weighted by atomic mass is 79.9. The first-order valence-electron chi connectivity index (χ1n) is 7.36. The molecule has 1 amide bonds. The SMILES string of the molecule is CCOc1ccccc1C(=O)N1CCCCC1CCBr. The first-order valence-corrected chi connectivity index (χ1v) is 8.48. The second-order valence-electron chi connectivity index (χ2n) is 5.05. The molecule has 20 heavy (non-hydrogen) atoms. The number of nitrogens with zero attached hydrogens (tertiary/aromatic N) is 1. The van der Waals surface area contributed by atoms with Gasteiger partial charge >= 0.3 is 0 Å². The predicted octanol–water partition coefficient (Wildman–Crippen LogP) is 3.87. The molecule has 1 aromatic carbocycles. The van der Waals surface area contributed by atoms with Crippen molar-refractivity contribution in [1.29, 1.82) is 0 Å². The number of para-hydroxylation sites is 1. The minimum Gasteiger partial charge on any atom is -0.493 e. The molecule has 1 aliphatic rings. The Labute approximate surface area is 129 Å². The maximum Gasteiger partial charge on any atom is 0.257 e. The van der Waals surface area contributed by atoms with E-state index in [0.717, 1.165) is 31.1 Å². The van der Waals surface area contributed by atoms with Crippen molar-refractivity contribution in [1.82, 2.24) is 4.90 Å². The summed E-state index contributed by atoms with van der Waals surface area (Å²) in [5, 5.41) is 0.939. The molecule has 0 radical (unpaired) electrons. The van der Waals surface area contributed by atoms with Gasteiger partial charge in [-0.15, -0.1) is 0 Å². The van der Waals surface area contributed by atoms with Gasteiger partial charge in [-0.25, -0.2) is 0 Å². The number of hydrogen-bond acceptors (Lipinski definition) is 2. The summed E-state index contributed by atoms with van der Waals surface area (Å²) >= 11 is 3.49. The van der Waals surface area contributed by atoms with Crippen LogP contribution in [0.4, 0.5) is 0 Å². The van der Waals surface area contributed by atoms with Gasteiger partial charge in [0.05, 0.1) is 12.2 Å². The van der Waals surface area contributed by atoms with E-state index in [0.29, 0.717) is 24.0 Å². The maximum absolute atomic E-state index is 12.8. The number of carbonyl (C=O) groups excluding carboxylic acids is 1. The molecule has 1 fully saturated rings. The van der Waals surface area contributed by atoms with Crippen LogP contribution in [0.1, 0.15) is 43.0 Å². The molecular weight excluding hydrogens is 318 g/mol. The van der Waals surface area contributed by atoms with Crippen molar-refractivity contribution in [3.63, 3.8) is 0 Å². The Morgan fingerprint density at radius 1 is 1.40 bits per heavy atom. The van der Waals surface area contributed by atoms with Gasteiger partial charge in [0, 0.05) is 17.9 Å². The lowest BCUT2D eigenvalue weighted by molar-refractivity contribution is 0.0606. The average molecular weight is 340 g/mol. The second-order valence-corrected chi connectivity index (χ2v) is 5.85. The Morgan fingerprint density at radius 3 is 2.95 bits per heavy atom. The van der Waals surface area contributed by atoms with Crippen LogP contribution in [0.5, 0.6) is 5.75 Å². The summed E-state index contributed by atoms with van der Waals surface area (Å²) in [5.41, 5.74) is 0.691. The molecule has 0 spiro atoms. The average Bonchev–Trinajstić information content (AvgIpc) is 2.48. The van der Waals surface area contributed by atoms with Crippen LogP contribution >= 0.6 is 15.9 Å². The highest BCUT2D eigenvalue weighted by molar-refractivity contribution is 9.09. The van der Waals surface area contributed by atoms with Gasteiger partial charge in [-0.2, -0.15) is 0 Å². The third-order valence-corrected chi connectivity index (χ3v) is 4.21. The van der Waals surface area contributed by atoms with E-state index in [1.165, 1.54) is 6.42 Å². The third-order valence-electron chi connectivity index (χ3n) is 3.75. The zero-order chi connectivity index (χ0) is 14.4. The number of ether oxygens (including phenoxy) is 1. The second kappa shape index (κ2) is 7.67. The quantitative estimate of drug-likeness (QED) is 0.762. The summed E-state index contributed by atoms with van der Waals surface area (Å²) in [7, 11) is 0. The van der Waals surface area contributed by atoms with Crippen molar-refractivity contribution in [2.45, 2.75) is 38.6 Å². The molecule has 0 N–H and O–H groups in total. The molecule has 1 atom stereocenters. The Bertz CT molecular complexity index is 448. The number of benzene rings is 1. The fraction of sp³-hybridized carbons (Fsp3) is 0.562. The number of likely N-dealkylation sites (tertiary alicyclic amines) is 1. The van der Waals surface area contributed by atoms with E-state index < -0.39 is 0 Å². The van der Waals surface area contributed by atoms with Crippen LogP contribution in [0.3, 0.4) is 0 Å². The minimum absolute atomic E-state index is 0.111. The molecule has 0 saturated carbocycles. The van der Waals surface area contributed by atoms with E-state index in [2.05, 4.69) is 15.9 Å². The predicted molar refractivity (Wildman–Crippen MR) is 84.7 cm³/mol. The first-order chi connectivity index (χ1) is 9.77. The number of rotatable bonds is 5. The lowest BCUT2D eigenvalue weighted by Gasteiger charge is -2.36. The Kier molecular flexibility index (Phi) is 5.89. The molecule has 0 aromatic heterocycles. The van der Waals surface area contributed by atoms with E-state index in [4.69, 9.17) is 4.74 Å². The monoisotopic (exact) mass is 339 g/mol. The van der Waals surface area contributed by atoms with E-state index in [9.17, 15) is 4.79 Å². The molecule has 2 rings (SSSR count). The van der Waals surface area contributed by atoms with Gasteiger partial charge in [0.2, 0.25) is 0 Å². The lowest BCUT2D eigenvalue weighted by atomic mass is 9.98. The molecule has 1 heterocycles. The normalized spacial score (nSPS) is 18.9. The number of piperidine rings is 1. The van der Waals surface area contributed by atoms with Crippen molar-refractivity contribution in [2.75, 3.05) is 18.5 Å². The standard InChI is InChI=1S/C16H22BrNO2/c1-2-20-15-9-4-3-8-14(15)16(19)18-12-6-5-7-13(18)10-11-17/h3-4,8-9,13H,2,5-7,10-12H2,1H3. The van der Waals surface area contributed by atoms with Gasteiger partial charge in [0.15, 0.2) is 0 Å². The van der Waals surface area contributed by atoms with Crippen molar-refractivity contribution in [3.05, 3.63) is 29.8 Å². The van der Waals surface area contributed by atoms with E-state index in [-0.39, 0.29) is 5.91 Å². The van der Waals surface area contributed by atoms with E-state index >= 15 is 0 Å². The molecule has 1 unspecified atom stereocenters. The van der Waals surface area contributed by atoms with E-state index in [1.54, 1.807) is 0 Å². The van der Waals surface area contributed by atoms with Crippen molar-refractivity contribution >= 4 is 21.8 Å². The van der Waals surface area contributed by atoms with Gasteiger partial charge in [0.25, 0.3) is 5.91 Å². The fourth-order valence-corrected chi connectivity index (χ4v) is 3.30. The van der Waals surface area contributed by atoms with Crippen LogP contribution in [0.15, 0.2) is 24.3 Å². The topological polar surface area (TPSA) is 29.5 Å². The van der Waals surface area contributed by atoms with Crippen molar-refractivity contribution < 1.29 is 9.53 Å². The van der Waals surface area contributed by atoms with Crippen LogP contribution in [0, 0.1) is 0 Å². The fourth-order valence-electron chi connectivity index (χ4n) is 2.77. The number of carbonyl (C=O) groups is 1. The van der Waals surface area contributed by atoms with Crippen LogP contribution in [0.25, 0.3) is 0 Å². The van der Waals surface area contributed by atoms with Crippen molar-refractivity contribution in [2.24, 2.45) is 0 Å². The number of alkyl halides is 1. The summed E-state index contributed by atoms with van der Waals surface area (Å²) in [4.78, 5) is 14.8. The van der Waals surface area contributed by atoms with Gasteiger partial charge in [-0.1, -0.05) is 28.1 Å². The summed E-state index contributed by atoms with van der Waals surface area (Å²) in [5.74, 6) is 0.808. The Morgan fingerprint density at radius 2 is 2.20 bits per heavy atom. The molecule has 1 aliphatic heterocycles. The molecule has 3 nitrogen and oxygen atoms in total. The van der Waals surface area contributed by atoms with E-state index in [1.807, 2.05) is 36.1 Å². The zero-order valence-corrected chi connectivity index (χ0v) is 13.6. The lowest BCUT2D eigenvalue weighted by Crippen LogP contribution is -2.44. The summed E-state index contributed by atoms with van der Waals surface area (Å²) in [6.07, 6.45) is 4.44. The molecule has 4 heteroatoms. The molecular formula is C16H22BrNO2. The minimum atomic E-state index is 0.111. The number of amides is 1. The molecule has 0 bridgehead atoms. The number of hydrogen-bond donors (Lipinski definition) is 0. The van der Waals surface area contributed by atoms with Crippen LogP contribution in [-0.4, -0.2) is 35.3 Å². The van der Waals surface area contributed by atoms with Crippen LogP contribution < -0.4 is 4.74 Å². The van der Waals surface area contributed by atoms with Crippen LogP contribution in [0.2, 0.25) is 0 Å². The van der Waals surface area contributed by atoms with Crippen LogP contribution in [-0.2, 0) is 0 Å². The molecule has 0 aliphatic carbocycles. The van der Waals surface area contributed by atoms with Gasteiger partial charge in [-0.05, 0) is 44.7 Å². The maximum atomic E-state index is 12.8. The third kappa shape index (κ3) is 3.54. The summed E-state index contributed by atoms with van der Waals surface area (Å²) in [6, 6.07) is 7.91. The largest absolute Gasteiger partial charge is 0.493 e. The smallest absolute Gasteiger partial charge is 0.257 e.